The first-order valence-electron chi connectivity index (χ1n) is 10.9. The van der Waals surface area contributed by atoms with E-state index in [0.717, 1.165) is 59.4 Å². The zero-order chi connectivity index (χ0) is 22.6. The highest BCUT2D eigenvalue weighted by atomic mass is 35.5. The third-order valence-corrected chi connectivity index (χ3v) is 8.99. The van der Waals surface area contributed by atoms with Crippen molar-refractivity contribution in [2.24, 2.45) is 11.1 Å². The fraction of sp³-hybridized carbons (Fsp3) is 0.320. The molecule has 0 amide bonds. The van der Waals surface area contributed by atoms with Crippen LogP contribution in [-0.4, -0.2) is 32.4 Å². The molecule has 2 aliphatic rings. The summed E-state index contributed by atoms with van der Waals surface area (Å²) in [6.45, 7) is 1.79. The third kappa shape index (κ3) is 3.75. The van der Waals surface area contributed by atoms with Crippen LogP contribution in [-0.2, 0) is 6.42 Å². The van der Waals surface area contributed by atoms with Crippen molar-refractivity contribution in [3.63, 3.8) is 0 Å². The highest BCUT2D eigenvalue weighted by Crippen LogP contribution is 2.50. The maximum Gasteiger partial charge on any atom is 0.211 e. The largest absolute Gasteiger partial charge is 0.342 e. The quantitative estimate of drug-likeness (QED) is 0.359. The number of rotatable bonds is 3. The van der Waals surface area contributed by atoms with Gasteiger partial charge in [-0.25, -0.2) is 9.97 Å². The van der Waals surface area contributed by atoms with Gasteiger partial charge in [0, 0.05) is 54.5 Å². The average molecular weight is 513 g/mol. The molecule has 0 unspecified atom stereocenters. The molecule has 0 saturated carbocycles. The normalized spacial score (nSPS) is 18.8. The molecular weight excluding hydrogens is 487 g/mol. The number of halogens is 2. The van der Waals surface area contributed by atoms with Gasteiger partial charge >= 0.3 is 0 Å². The predicted molar refractivity (Wildman–Crippen MR) is 139 cm³/mol. The summed E-state index contributed by atoms with van der Waals surface area (Å²) in [5, 5.41) is 1.08. The van der Waals surface area contributed by atoms with Gasteiger partial charge in [-0.3, -0.25) is 9.38 Å². The van der Waals surface area contributed by atoms with Crippen LogP contribution < -0.4 is 10.6 Å². The molecule has 1 saturated heterocycles. The monoisotopic (exact) mass is 512 g/mol. The predicted octanol–water partition coefficient (Wildman–Crippen LogP) is 6.06. The van der Waals surface area contributed by atoms with Crippen molar-refractivity contribution in [2.75, 3.05) is 18.0 Å². The Morgan fingerprint density at radius 1 is 1.00 bits per heavy atom. The number of nitrogens with zero attached hydrogens (tertiary/aromatic N) is 5. The number of hydrogen-bond donors (Lipinski definition) is 1. The lowest BCUT2D eigenvalue weighted by atomic mass is 9.73. The minimum atomic E-state index is 0. The minimum Gasteiger partial charge on any atom is -0.342 e. The molecule has 2 N–H and O–H groups in total. The Morgan fingerprint density at radius 3 is 2.62 bits per heavy atom. The summed E-state index contributed by atoms with van der Waals surface area (Å²) in [5.74, 6) is 0.904. The van der Waals surface area contributed by atoms with E-state index in [9.17, 15) is 0 Å². The van der Waals surface area contributed by atoms with Gasteiger partial charge < -0.3 is 10.6 Å². The van der Waals surface area contributed by atoms with Crippen molar-refractivity contribution < 1.29 is 0 Å². The smallest absolute Gasteiger partial charge is 0.211 e. The van der Waals surface area contributed by atoms with Crippen LogP contribution in [0.3, 0.4) is 0 Å². The fourth-order valence-electron chi connectivity index (χ4n) is 5.17. The van der Waals surface area contributed by atoms with Gasteiger partial charge in [-0.2, -0.15) is 0 Å². The van der Waals surface area contributed by atoms with Crippen LogP contribution in [0, 0.1) is 5.41 Å². The van der Waals surface area contributed by atoms with Crippen LogP contribution in [0.4, 0.5) is 5.95 Å². The highest BCUT2D eigenvalue weighted by molar-refractivity contribution is 7.99. The lowest BCUT2D eigenvalue weighted by Gasteiger charge is -2.42. The fourth-order valence-corrected chi connectivity index (χ4v) is 6.57. The summed E-state index contributed by atoms with van der Waals surface area (Å²) in [6.07, 6.45) is 10.5. The number of hydrogen-bond acceptors (Lipinski definition) is 6. The average Bonchev–Trinajstić information content (AvgIpc) is 3.42. The maximum absolute atomic E-state index is 6.72. The van der Waals surface area contributed by atoms with Crippen LogP contribution in [0.1, 0.15) is 37.6 Å². The van der Waals surface area contributed by atoms with Gasteiger partial charge in [-0.05, 0) is 48.4 Å². The van der Waals surface area contributed by atoms with Gasteiger partial charge in [0.05, 0.1) is 14.9 Å². The first-order valence-corrected chi connectivity index (χ1v) is 12.5. The van der Waals surface area contributed by atoms with Gasteiger partial charge in [0.1, 0.15) is 0 Å². The molecule has 0 radical (unpaired) electrons. The molecule has 3 aromatic heterocycles. The summed E-state index contributed by atoms with van der Waals surface area (Å²) in [4.78, 5) is 18.2. The highest BCUT2D eigenvalue weighted by Gasteiger charge is 2.46. The second-order valence-electron chi connectivity index (χ2n) is 8.74. The zero-order valence-electron chi connectivity index (χ0n) is 17.8. The minimum absolute atomic E-state index is 0. The molecule has 1 aliphatic carbocycles. The van der Waals surface area contributed by atoms with Crippen LogP contribution >= 0.6 is 35.0 Å². The molecule has 6 nitrogen and oxygen atoms in total. The molecule has 1 fully saturated rings. The van der Waals surface area contributed by atoms with Crippen molar-refractivity contribution in [3.05, 3.63) is 76.4 Å². The number of aromatic nitrogens is 4. The Hall–Kier alpha value is -2.32. The molecule has 4 aromatic rings. The Bertz CT molecular complexity index is 1350. The van der Waals surface area contributed by atoms with Gasteiger partial charge in [-0.15, -0.1) is 0 Å². The Balaban J connectivity index is 0.00000241. The number of imidazole rings is 1. The molecule has 1 aromatic carbocycles. The van der Waals surface area contributed by atoms with E-state index in [-0.39, 0.29) is 18.9 Å². The molecule has 4 heterocycles. The van der Waals surface area contributed by atoms with E-state index in [1.807, 2.05) is 43.0 Å². The van der Waals surface area contributed by atoms with Gasteiger partial charge in [-0.1, -0.05) is 54.5 Å². The Labute approximate surface area is 213 Å². The second kappa shape index (κ2) is 9.04. The standard InChI is InChI=1S/C24H22Cl2N6S.CH4/c25-16-4-1-5-18(20(16)26)33-19-14-30-23(32-12-9-29-22(19)32)31-10-6-24(7-11-31)13-17-15(21(24)27)3-2-8-28-17;/h1-5,8-9,12,14,21H,6-7,10-11,13,27H2;1H4/t21-;/m1./s1. The van der Waals surface area contributed by atoms with Crippen molar-refractivity contribution >= 4 is 46.6 Å². The first-order chi connectivity index (χ1) is 16.1. The van der Waals surface area contributed by atoms with E-state index < -0.39 is 0 Å². The van der Waals surface area contributed by atoms with E-state index in [0.29, 0.717) is 10.0 Å². The van der Waals surface area contributed by atoms with Crippen LogP contribution in [0.2, 0.25) is 10.0 Å². The number of nitrogens with two attached hydrogens (primary N) is 1. The van der Waals surface area contributed by atoms with E-state index in [4.69, 9.17) is 33.9 Å². The van der Waals surface area contributed by atoms with Gasteiger partial charge in [0.15, 0.2) is 5.65 Å². The number of fused-ring (bicyclic) bond motifs is 2. The number of anilines is 1. The number of piperidine rings is 1. The topological polar surface area (TPSA) is 72.3 Å². The van der Waals surface area contributed by atoms with Crippen molar-refractivity contribution in [1.82, 2.24) is 19.4 Å². The van der Waals surface area contributed by atoms with Crippen LogP contribution in [0.5, 0.6) is 0 Å². The summed E-state index contributed by atoms with van der Waals surface area (Å²) in [7, 11) is 0. The third-order valence-electron chi connectivity index (χ3n) is 6.99. The molecule has 1 spiro atoms. The Kier molecular flexibility index (Phi) is 6.23. The summed E-state index contributed by atoms with van der Waals surface area (Å²) in [6, 6.07) is 9.80. The molecular formula is C25H26Cl2N6S. The van der Waals surface area contributed by atoms with E-state index >= 15 is 0 Å². The maximum atomic E-state index is 6.72. The molecule has 34 heavy (non-hydrogen) atoms. The molecule has 1 aliphatic heterocycles. The van der Waals surface area contributed by atoms with E-state index in [1.54, 1.807) is 6.07 Å². The summed E-state index contributed by atoms with van der Waals surface area (Å²) < 4.78 is 2.06. The number of pyridine rings is 1. The van der Waals surface area contributed by atoms with Crippen molar-refractivity contribution in [3.8, 4) is 0 Å². The van der Waals surface area contributed by atoms with Gasteiger partial charge in [0.2, 0.25) is 5.95 Å². The molecule has 6 rings (SSSR count). The Morgan fingerprint density at radius 2 is 1.82 bits per heavy atom. The molecule has 176 valence electrons. The lowest BCUT2D eigenvalue weighted by molar-refractivity contribution is 0.186. The second-order valence-corrected chi connectivity index (χ2v) is 10.6. The lowest BCUT2D eigenvalue weighted by Crippen LogP contribution is -2.45. The molecule has 0 bridgehead atoms. The summed E-state index contributed by atoms with van der Waals surface area (Å²) >= 11 is 14.1. The van der Waals surface area contributed by atoms with E-state index in [2.05, 4.69) is 25.3 Å². The van der Waals surface area contributed by atoms with E-state index in [1.165, 1.54) is 17.3 Å². The zero-order valence-corrected chi connectivity index (χ0v) is 20.1. The molecule has 1 atom stereocenters. The van der Waals surface area contributed by atoms with Crippen molar-refractivity contribution in [2.45, 2.75) is 42.5 Å². The molecule has 9 heteroatoms. The summed E-state index contributed by atoms with van der Waals surface area (Å²) in [5.41, 5.74) is 10.0. The first kappa shape index (κ1) is 23.4. The van der Waals surface area contributed by atoms with Crippen molar-refractivity contribution in [1.29, 1.82) is 0 Å². The SMILES string of the molecule is C.N[C@@H]1c2cccnc2CC12CCN(c1ncc(Sc3cccc(Cl)c3Cl)c3nccn13)CC2. The van der Waals surface area contributed by atoms with Gasteiger partial charge in [0.25, 0.3) is 0 Å². The van der Waals surface area contributed by atoms with Crippen LogP contribution in [0.15, 0.2) is 64.9 Å². The van der Waals surface area contributed by atoms with Crippen LogP contribution in [0.25, 0.3) is 5.65 Å². The number of benzene rings is 1.